The quantitative estimate of drug-likeness (QED) is 0.388. The monoisotopic (exact) mass is 446 g/mol. The van der Waals surface area contributed by atoms with Crippen molar-refractivity contribution in [3.8, 4) is 0 Å². The Morgan fingerprint density at radius 3 is 2.12 bits per heavy atom. The molecule has 2 N–H and O–H groups in total. The van der Waals surface area contributed by atoms with E-state index in [0.29, 0.717) is 23.4 Å². The van der Waals surface area contributed by atoms with Crippen LogP contribution in [-0.2, 0) is 16.0 Å². The van der Waals surface area contributed by atoms with Crippen LogP contribution in [-0.4, -0.2) is 17.6 Å². The predicted molar refractivity (Wildman–Crippen MR) is 135 cm³/mol. The highest BCUT2D eigenvalue weighted by atomic mass is 32.2. The summed E-state index contributed by atoms with van der Waals surface area (Å²) in [6.45, 7) is 6.43. The van der Waals surface area contributed by atoms with Crippen LogP contribution in [0, 0.1) is 0 Å². The van der Waals surface area contributed by atoms with Crippen molar-refractivity contribution in [1.29, 1.82) is 0 Å². The van der Waals surface area contributed by atoms with E-state index in [1.54, 1.807) is 17.8 Å². The predicted octanol–water partition coefficient (Wildman–Crippen LogP) is 6.50. The van der Waals surface area contributed by atoms with E-state index in [1.807, 2.05) is 60.7 Å². The van der Waals surface area contributed by atoms with Crippen LogP contribution in [0.2, 0.25) is 0 Å². The van der Waals surface area contributed by atoms with Gasteiger partial charge in [-0.25, -0.2) is 0 Å². The van der Waals surface area contributed by atoms with E-state index in [1.165, 1.54) is 11.1 Å². The lowest BCUT2D eigenvalue weighted by Gasteiger charge is -2.19. The first-order chi connectivity index (χ1) is 15.3. The second-order valence-electron chi connectivity index (χ2n) is 8.70. The van der Waals surface area contributed by atoms with Gasteiger partial charge in [-0.05, 0) is 46.9 Å². The maximum atomic E-state index is 12.6. The first-order valence-electron chi connectivity index (χ1n) is 10.7. The number of hydrogen-bond acceptors (Lipinski definition) is 3. The van der Waals surface area contributed by atoms with Gasteiger partial charge in [-0.3, -0.25) is 9.59 Å². The molecule has 0 saturated carbocycles. The minimum Gasteiger partial charge on any atom is -0.326 e. The Morgan fingerprint density at radius 1 is 0.812 bits per heavy atom. The number of nitrogens with one attached hydrogen (secondary N) is 2. The maximum Gasteiger partial charge on any atom is 0.255 e. The average Bonchev–Trinajstić information content (AvgIpc) is 2.77. The zero-order valence-electron chi connectivity index (χ0n) is 18.9. The summed E-state index contributed by atoms with van der Waals surface area (Å²) in [4.78, 5) is 24.9. The molecule has 0 bridgehead atoms. The molecular weight excluding hydrogens is 416 g/mol. The van der Waals surface area contributed by atoms with Crippen molar-refractivity contribution in [3.05, 3.63) is 95.6 Å². The van der Waals surface area contributed by atoms with Crippen molar-refractivity contribution < 1.29 is 9.59 Å². The number of amides is 2. The number of carbonyl (C=O) groups excluding carboxylic acids is 2. The van der Waals surface area contributed by atoms with Crippen LogP contribution < -0.4 is 10.6 Å². The van der Waals surface area contributed by atoms with Crippen molar-refractivity contribution in [2.24, 2.45) is 0 Å². The number of carbonyl (C=O) groups is 2. The third-order valence-corrected chi connectivity index (χ3v) is 6.03. The molecule has 0 heterocycles. The Morgan fingerprint density at radius 2 is 1.47 bits per heavy atom. The van der Waals surface area contributed by atoms with Crippen molar-refractivity contribution in [2.45, 2.75) is 38.4 Å². The molecule has 3 rings (SSSR count). The highest BCUT2D eigenvalue weighted by Crippen LogP contribution is 2.23. The SMILES string of the molecule is CC(C)(C)c1ccc(C(=O)Nc2cccc(NC(=O)CCSCc3ccccc3)c2)cc1. The Bertz CT molecular complexity index is 1040. The van der Waals surface area contributed by atoms with E-state index in [2.05, 4.69) is 43.5 Å². The van der Waals surface area contributed by atoms with Gasteiger partial charge in [-0.2, -0.15) is 11.8 Å². The fourth-order valence-corrected chi connectivity index (χ4v) is 4.05. The van der Waals surface area contributed by atoms with E-state index < -0.39 is 0 Å². The summed E-state index contributed by atoms with van der Waals surface area (Å²) in [5, 5.41) is 5.82. The first kappa shape index (κ1) is 23.6. The molecule has 4 nitrogen and oxygen atoms in total. The Balaban J connectivity index is 1.49. The minimum absolute atomic E-state index is 0.0354. The van der Waals surface area contributed by atoms with Crippen LogP contribution in [0.3, 0.4) is 0 Å². The van der Waals surface area contributed by atoms with Gasteiger partial charge in [0.1, 0.15) is 0 Å². The van der Waals surface area contributed by atoms with Gasteiger partial charge in [0, 0.05) is 34.9 Å². The summed E-state index contributed by atoms with van der Waals surface area (Å²) in [5.74, 6) is 1.44. The second-order valence-corrected chi connectivity index (χ2v) is 9.80. The van der Waals surface area contributed by atoms with Gasteiger partial charge in [0.2, 0.25) is 5.91 Å². The lowest BCUT2D eigenvalue weighted by Crippen LogP contribution is -2.15. The normalized spacial score (nSPS) is 11.1. The van der Waals surface area contributed by atoms with Crippen molar-refractivity contribution in [2.75, 3.05) is 16.4 Å². The molecule has 166 valence electrons. The van der Waals surface area contributed by atoms with Gasteiger partial charge in [-0.15, -0.1) is 0 Å². The molecule has 0 saturated heterocycles. The van der Waals surface area contributed by atoms with Gasteiger partial charge >= 0.3 is 0 Å². The fourth-order valence-electron chi connectivity index (χ4n) is 3.15. The molecule has 0 aliphatic carbocycles. The number of hydrogen-bond donors (Lipinski definition) is 2. The molecule has 0 atom stereocenters. The minimum atomic E-state index is -0.175. The Labute approximate surface area is 194 Å². The molecule has 0 aromatic heterocycles. The molecule has 0 fully saturated rings. The van der Waals surface area contributed by atoms with Crippen LogP contribution in [0.15, 0.2) is 78.9 Å². The standard InChI is InChI=1S/C27H30N2O2S/c1-27(2,3)22-14-12-21(13-15-22)26(31)29-24-11-7-10-23(18-24)28-25(30)16-17-32-19-20-8-5-4-6-9-20/h4-15,18H,16-17,19H2,1-3H3,(H,28,30)(H,29,31). The molecule has 0 spiro atoms. The molecule has 0 radical (unpaired) electrons. The van der Waals surface area contributed by atoms with Gasteiger partial charge in [0.15, 0.2) is 0 Å². The van der Waals surface area contributed by atoms with Crippen molar-refractivity contribution >= 4 is 35.0 Å². The Hall–Kier alpha value is -3.05. The van der Waals surface area contributed by atoms with Crippen LogP contribution in [0.5, 0.6) is 0 Å². The molecular formula is C27H30N2O2S. The van der Waals surface area contributed by atoms with Gasteiger partial charge in [0.05, 0.1) is 0 Å². The molecule has 0 aliphatic rings. The summed E-state index contributed by atoms with van der Waals surface area (Å²) in [6.07, 6.45) is 0.439. The molecule has 3 aromatic rings. The van der Waals surface area contributed by atoms with E-state index in [4.69, 9.17) is 0 Å². The summed E-state index contributed by atoms with van der Waals surface area (Å²) < 4.78 is 0. The van der Waals surface area contributed by atoms with Gasteiger partial charge in [-0.1, -0.05) is 69.3 Å². The highest BCUT2D eigenvalue weighted by molar-refractivity contribution is 7.98. The van der Waals surface area contributed by atoms with E-state index in [0.717, 1.165) is 11.5 Å². The second kappa shape index (κ2) is 11.0. The third kappa shape index (κ3) is 7.27. The van der Waals surface area contributed by atoms with Crippen LogP contribution in [0.4, 0.5) is 11.4 Å². The zero-order valence-corrected chi connectivity index (χ0v) is 19.7. The van der Waals surface area contributed by atoms with Crippen molar-refractivity contribution in [1.82, 2.24) is 0 Å². The van der Waals surface area contributed by atoms with E-state index in [-0.39, 0.29) is 17.2 Å². The molecule has 32 heavy (non-hydrogen) atoms. The molecule has 0 aliphatic heterocycles. The third-order valence-electron chi connectivity index (χ3n) is 5.00. The smallest absolute Gasteiger partial charge is 0.255 e. The zero-order chi connectivity index (χ0) is 23.0. The van der Waals surface area contributed by atoms with Gasteiger partial charge in [0.25, 0.3) is 5.91 Å². The topological polar surface area (TPSA) is 58.2 Å². The van der Waals surface area contributed by atoms with E-state index in [9.17, 15) is 9.59 Å². The fraction of sp³-hybridized carbons (Fsp3) is 0.259. The molecule has 2 amide bonds. The number of rotatable bonds is 8. The summed E-state index contributed by atoms with van der Waals surface area (Å²) >= 11 is 1.74. The van der Waals surface area contributed by atoms with Crippen LogP contribution in [0.25, 0.3) is 0 Å². The Kier molecular flexibility index (Phi) is 8.12. The summed E-state index contributed by atoms with van der Waals surface area (Å²) in [5.41, 5.74) is 4.40. The first-order valence-corrected chi connectivity index (χ1v) is 11.9. The van der Waals surface area contributed by atoms with Crippen LogP contribution in [0.1, 0.15) is 48.7 Å². The lowest BCUT2D eigenvalue weighted by atomic mass is 9.87. The number of anilines is 2. The van der Waals surface area contributed by atoms with Gasteiger partial charge < -0.3 is 10.6 Å². The highest BCUT2D eigenvalue weighted by Gasteiger charge is 2.14. The molecule has 3 aromatic carbocycles. The maximum absolute atomic E-state index is 12.6. The van der Waals surface area contributed by atoms with E-state index >= 15 is 0 Å². The number of benzene rings is 3. The average molecular weight is 447 g/mol. The summed E-state index contributed by atoms with van der Waals surface area (Å²) in [7, 11) is 0. The van der Waals surface area contributed by atoms with Crippen molar-refractivity contribution in [3.63, 3.8) is 0 Å². The summed E-state index contributed by atoms with van der Waals surface area (Å²) in [6, 6.07) is 25.1. The molecule has 5 heteroatoms. The lowest BCUT2D eigenvalue weighted by molar-refractivity contribution is -0.115. The largest absolute Gasteiger partial charge is 0.326 e. The van der Waals surface area contributed by atoms with Crippen LogP contribution >= 0.6 is 11.8 Å². The molecule has 0 unspecified atom stereocenters. The number of thioether (sulfide) groups is 1.